The number of rotatable bonds is 6. The van der Waals surface area contributed by atoms with Crippen molar-refractivity contribution < 1.29 is 4.79 Å². The van der Waals surface area contributed by atoms with Crippen LogP contribution in [0.15, 0.2) is 30.3 Å². The molecule has 0 radical (unpaired) electrons. The molecule has 1 fully saturated rings. The number of carbonyl (C=O) groups is 1. The summed E-state index contributed by atoms with van der Waals surface area (Å²) in [7, 11) is 0. The standard InChI is InChI=1S/C17H22N2O/c18-11-6-12-19(14-16-9-2-1-3-10-16)17(20)13-15-7-4-5-8-15/h1-3,9-10,15H,4-8,12-14H2. The highest BCUT2D eigenvalue weighted by Gasteiger charge is 2.22. The Balaban J connectivity index is 1.95. The minimum absolute atomic E-state index is 0.205. The smallest absolute Gasteiger partial charge is 0.223 e. The van der Waals surface area contributed by atoms with Crippen molar-refractivity contribution in [2.45, 2.75) is 45.1 Å². The molecule has 0 atom stereocenters. The quantitative estimate of drug-likeness (QED) is 0.794. The molecule has 20 heavy (non-hydrogen) atoms. The van der Waals surface area contributed by atoms with Gasteiger partial charge in [-0.05, 0) is 24.3 Å². The summed E-state index contributed by atoms with van der Waals surface area (Å²) in [5, 5.41) is 8.76. The van der Waals surface area contributed by atoms with Crippen molar-refractivity contribution in [2.24, 2.45) is 5.92 Å². The summed E-state index contributed by atoms with van der Waals surface area (Å²) in [4.78, 5) is 14.3. The molecule has 2 rings (SSSR count). The molecule has 0 N–H and O–H groups in total. The summed E-state index contributed by atoms with van der Waals surface area (Å²) < 4.78 is 0. The predicted octanol–water partition coefficient (Wildman–Crippen LogP) is 3.51. The molecule has 1 aliphatic rings. The van der Waals surface area contributed by atoms with Gasteiger partial charge in [-0.1, -0.05) is 43.2 Å². The minimum atomic E-state index is 0.205. The predicted molar refractivity (Wildman–Crippen MR) is 78.7 cm³/mol. The van der Waals surface area contributed by atoms with Gasteiger partial charge in [0.2, 0.25) is 5.91 Å². The molecular formula is C17H22N2O. The van der Waals surface area contributed by atoms with Gasteiger partial charge in [0.25, 0.3) is 0 Å². The van der Waals surface area contributed by atoms with E-state index in [4.69, 9.17) is 5.26 Å². The molecular weight excluding hydrogens is 248 g/mol. The summed E-state index contributed by atoms with van der Waals surface area (Å²) in [6.45, 7) is 1.16. The lowest BCUT2D eigenvalue weighted by atomic mass is 10.0. The molecule has 0 unspecified atom stereocenters. The van der Waals surface area contributed by atoms with E-state index in [2.05, 4.69) is 6.07 Å². The van der Waals surface area contributed by atoms with Crippen LogP contribution in [-0.4, -0.2) is 17.4 Å². The first-order valence-electron chi connectivity index (χ1n) is 7.48. The van der Waals surface area contributed by atoms with Crippen molar-refractivity contribution >= 4 is 5.91 Å². The van der Waals surface area contributed by atoms with Crippen molar-refractivity contribution in [1.29, 1.82) is 5.26 Å². The third-order valence-electron chi connectivity index (χ3n) is 4.00. The van der Waals surface area contributed by atoms with Crippen molar-refractivity contribution in [3.63, 3.8) is 0 Å². The molecule has 106 valence electrons. The summed E-state index contributed by atoms with van der Waals surface area (Å²) in [6, 6.07) is 12.1. The van der Waals surface area contributed by atoms with Crippen LogP contribution in [0.2, 0.25) is 0 Å². The van der Waals surface area contributed by atoms with E-state index >= 15 is 0 Å². The Morgan fingerprint density at radius 2 is 1.95 bits per heavy atom. The van der Waals surface area contributed by atoms with Crippen LogP contribution in [0.4, 0.5) is 0 Å². The fourth-order valence-electron chi connectivity index (χ4n) is 2.87. The SMILES string of the molecule is N#CCCN(Cc1ccccc1)C(=O)CC1CCCC1. The van der Waals surface area contributed by atoms with E-state index < -0.39 is 0 Å². The highest BCUT2D eigenvalue weighted by Crippen LogP contribution is 2.28. The maximum absolute atomic E-state index is 12.4. The van der Waals surface area contributed by atoms with Gasteiger partial charge in [0, 0.05) is 19.5 Å². The van der Waals surface area contributed by atoms with Crippen LogP contribution in [0.3, 0.4) is 0 Å². The van der Waals surface area contributed by atoms with E-state index in [0.29, 0.717) is 31.8 Å². The van der Waals surface area contributed by atoms with E-state index in [1.54, 1.807) is 0 Å². The zero-order valence-corrected chi connectivity index (χ0v) is 11.9. The minimum Gasteiger partial charge on any atom is -0.337 e. The second kappa shape index (κ2) is 7.69. The molecule has 1 saturated carbocycles. The van der Waals surface area contributed by atoms with Crippen LogP contribution in [0.25, 0.3) is 0 Å². The number of hydrogen-bond donors (Lipinski definition) is 0. The van der Waals surface area contributed by atoms with Crippen LogP contribution in [0.1, 0.15) is 44.1 Å². The Kier molecular flexibility index (Phi) is 5.61. The van der Waals surface area contributed by atoms with E-state index in [9.17, 15) is 4.79 Å². The number of benzene rings is 1. The molecule has 0 heterocycles. The van der Waals surface area contributed by atoms with E-state index in [1.165, 1.54) is 25.7 Å². The molecule has 1 aromatic carbocycles. The average molecular weight is 270 g/mol. The molecule has 0 spiro atoms. The lowest BCUT2D eigenvalue weighted by molar-refractivity contribution is -0.132. The summed E-state index contributed by atoms with van der Waals surface area (Å²) in [5.41, 5.74) is 1.13. The van der Waals surface area contributed by atoms with Crippen LogP contribution >= 0.6 is 0 Å². The fourth-order valence-corrected chi connectivity index (χ4v) is 2.87. The molecule has 1 aromatic rings. The molecule has 1 amide bonds. The topological polar surface area (TPSA) is 44.1 Å². The number of amides is 1. The maximum Gasteiger partial charge on any atom is 0.223 e. The van der Waals surface area contributed by atoms with E-state index in [0.717, 1.165) is 5.56 Å². The van der Waals surface area contributed by atoms with Gasteiger partial charge in [0.05, 0.1) is 12.5 Å². The Bertz CT molecular complexity index is 458. The third-order valence-corrected chi connectivity index (χ3v) is 4.00. The molecule has 1 aliphatic carbocycles. The zero-order chi connectivity index (χ0) is 14.2. The normalized spacial score (nSPS) is 14.9. The molecule has 0 aliphatic heterocycles. The number of carbonyl (C=O) groups excluding carboxylic acids is 1. The Morgan fingerprint density at radius 3 is 2.60 bits per heavy atom. The van der Waals surface area contributed by atoms with Gasteiger partial charge in [0.1, 0.15) is 0 Å². The number of hydrogen-bond acceptors (Lipinski definition) is 2. The number of nitriles is 1. The Labute approximate surface area is 121 Å². The van der Waals surface area contributed by atoms with Gasteiger partial charge in [-0.3, -0.25) is 4.79 Å². The summed E-state index contributed by atoms with van der Waals surface area (Å²) in [5.74, 6) is 0.763. The first-order chi connectivity index (χ1) is 9.79. The maximum atomic E-state index is 12.4. The molecule has 3 nitrogen and oxygen atoms in total. The first kappa shape index (κ1) is 14.6. The van der Waals surface area contributed by atoms with Crippen molar-refractivity contribution in [1.82, 2.24) is 4.90 Å². The van der Waals surface area contributed by atoms with Gasteiger partial charge in [0.15, 0.2) is 0 Å². The Hall–Kier alpha value is -1.82. The average Bonchev–Trinajstić information content (AvgIpc) is 2.97. The molecule has 3 heteroatoms. The number of nitrogens with zero attached hydrogens (tertiary/aromatic N) is 2. The molecule has 0 saturated heterocycles. The third kappa shape index (κ3) is 4.38. The first-order valence-corrected chi connectivity index (χ1v) is 7.48. The fraction of sp³-hybridized carbons (Fsp3) is 0.529. The summed E-state index contributed by atoms with van der Waals surface area (Å²) in [6.07, 6.45) is 5.94. The van der Waals surface area contributed by atoms with Crippen molar-refractivity contribution in [3.05, 3.63) is 35.9 Å². The molecule has 0 aromatic heterocycles. The van der Waals surface area contributed by atoms with Gasteiger partial charge < -0.3 is 4.90 Å². The molecule has 0 bridgehead atoms. The van der Waals surface area contributed by atoms with Gasteiger partial charge in [-0.25, -0.2) is 0 Å². The van der Waals surface area contributed by atoms with Gasteiger partial charge >= 0.3 is 0 Å². The highest BCUT2D eigenvalue weighted by molar-refractivity contribution is 5.76. The van der Waals surface area contributed by atoms with E-state index in [1.807, 2.05) is 35.2 Å². The Morgan fingerprint density at radius 1 is 1.25 bits per heavy atom. The van der Waals surface area contributed by atoms with E-state index in [-0.39, 0.29) is 5.91 Å². The van der Waals surface area contributed by atoms with Crippen LogP contribution in [0.5, 0.6) is 0 Å². The second-order valence-electron chi connectivity index (χ2n) is 5.56. The van der Waals surface area contributed by atoms with Crippen LogP contribution in [0, 0.1) is 17.2 Å². The zero-order valence-electron chi connectivity index (χ0n) is 11.9. The van der Waals surface area contributed by atoms with Crippen molar-refractivity contribution in [2.75, 3.05) is 6.54 Å². The summed E-state index contributed by atoms with van der Waals surface area (Å²) >= 11 is 0. The lowest BCUT2D eigenvalue weighted by Gasteiger charge is -2.23. The highest BCUT2D eigenvalue weighted by atomic mass is 16.2. The monoisotopic (exact) mass is 270 g/mol. The van der Waals surface area contributed by atoms with Crippen molar-refractivity contribution in [3.8, 4) is 6.07 Å². The second-order valence-corrected chi connectivity index (χ2v) is 5.56. The van der Waals surface area contributed by atoms with Gasteiger partial charge in [-0.2, -0.15) is 5.26 Å². The largest absolute Gasteiger partial charge is 0.337 e. The van der Waals surface area contributed by atoms with Crippen LogP contribution in [-0.2, 0) is 11.3 Å². The van der Waals surface area contributed by atoms with Crippen LogP contribution < -0.4 is 0 Å². The van der Waals surface area contributed by atoms with Gasteiger partial charge in [-0.15, -0.1) is 0 Å². The lowest BCUT2D eigenvalue weighted by Crippen LogP contribution is -2.32.